The lowest BCUT2D eigenvalue weighted by atomic mass is 10.1. The van der Waals surface area contributed by atoms with E-state index in [0.29, 0.717) is 6.04 Å². The van der Waals surface area contributed by atoms with Gasteiger partial charge in [0, 0.05) is 12.2 Å². The maximum absolute atomic E-state index is 3.88. The van der Waals surface area contributed by atoms with E-state index in [1.165, 1.54) is 19.3 Å². The first-order valence-electron chi connectivity index (χ1n) is 4.62. The lowest BCUT2D eigenvalue weighted by Crippen LogP contribution is -2.17. The Labute approximate surface area is 73.6 Å². The molecule has 0 saturated carbocycles. The number of hydrogen-bond acceptors (Lipinski definition) is 2. The van der Waals surface area contributed by atoms with Crippen molar-refractivity contribution in [3.8, 4) is 0 Å². The molecule has 0 aromatic carbocycles. The van der Waals surface area contributed by atoms with Gasteiger partial charge in [0.25, 0.3) is 0 Å². The van der Waals surface area contributed by atoms with Gasteiger partial charge in [-0.2, -0.15) is 5.10 Å². The van der Waals surface area contributed by atoms with Crippen LogP contribution < -0.4 is 5.32 Å². The summed E-state index contributed by atoms with van der Waals surface area (Å²) in [4.78, 5) is 0. The van der Waals surface area contributed by atoms with Crippen molar-refractivity contribution in [1.29, 1.82) is 0 Å². The molecule has 0 radical (unpaired) electrons. The van der Waals surface area contributed by atoms with E-state index in [9.17, 15) is 0 Å². The summed E-state index contributed by atoms with van der Waals surface area (Å²) >= 11 is 0. The molecule has 0 aliphatic rings. The van der Waals surface area contributed by atoms with Gasteiger partial charge in [0.15, 0.2) is 0 Å². The predicted octanol–water partition coefficient (Wildman–Crippen LogP) is 2.40. The zero-order valence-corrected chi connectivity index (χ0v) is 7.80. The standard InChI is InChI=1S/C9H17N3/c1-3-5-8(4-2)12-9-6-10-11-7-9/h6-8,12H,3-5H2,1-2H3,(H,10,11). The molecule has 0 aliphatic carbocycles. The highest BCUT2D eigenvalue weighted by Gasteiger charge is 2.04. The van der Waals surface area contributed by atoms with Gasteiger partial charge in [0.05, 0.1) is 11.9 Å². The summed E-state index contributed by atoms with van der Waals surface area (Å²) in [6.45, 7) is 4.41. The van der Waals surface area contributed by atoms with Gasteiger partial charge in [-0.1, -0.05) is 20.3 Å². The third kappa shape index (κ3) is 2.57. The number of nitrogens with one attached hydrogen (secondary N) is 2. The zero-order chi connectivity index (χ0) is 8.81. The summed E-state index contributed by atoms with van der Waals surface area (Å²) < 4.78 is 0. The summed E-state index contributed by atoms with van der Waals surface area (Å²) in [6, 6.07) is 0.590. The highest BCUT2D eigenvalue weighted by molar-refractivity contribution is 5.38. The van der Waals surface area contributed by atoms with Crippen molar-refractivity contribution in [3.05, 3.63) is 12.4 Å². The SMILES string of the molecule is CCCC(CC)Nc1cn[nH]c1. The average Bonchev–Trinajstić information content (AvgIpc) is 2.56. The van der Waals surface area contributed by atoms with Gasteiger partial charge in [-0.05, 0) is 12.8 Å². The van der Waals surface area contributed by atoms with Crippen LogP contribution in [-0.2, 0) is 0 Å². The summed E-state index contributed by atoms with van der Waals surface area (Å²) in [6.07, 6.45) is 7.32. The number of anilines is 1. The fourth-order valence-electron chi connectivity index (χ4n) is 1.29. The van der Waals surface area contributed by atoms with Crippen molar-refractivity contribution < 1.29 is 0 Å². The highest BCUT2D eigenvalue weighted by atomic mass is 15.1. The minimum Gasteiger partial charge on any atom is -0.380 e. The largest absolute Gasteiger partial charge is 0.380 e. The quantitative estimate of drug-likeness (QED) is 0.707. The van der Waals surface area contributed by atoms with Gasteiger partial charge in [0.2, 0.25) is 0 Å². The molecular formula is C9H17N3. The Morgan fingerprint density at radius 2 is 2.42 bits per heavy atom. The van der Waals surface area contributed by atoms with Gasteiger partial charge < -0.3 is 5.32 Å². The molecule has 2 N–H and O–H groups in total. The average molecular weight is 167 g/mol. The van der Waals surface area contributed by atoms with Crippen LogP contribution in [0.25, 0.3) is 0 Å². The van der Waals surface area contributed by atoms with Gasteiger partial charge in [-0.15, -0.1) is 0 Å². The van der Waals surface area contributed by atoms with E-state index in [-0.39, 0.29) is 0 Å². The normalized spacial score (nSPS) is 12.8. The molecule has 0 saturated heterocycles. The molecule has 1 rings (SSSR count). The predicted molar refractivity (Wildman–Crippen MR) is 51.2 cm³/mol. The molecule has 0 spiro atoms. The van der Waals surface area contributed by atoms with Crippen molar-refractivity contribution in [2.45, 2.75) is 39.2 Å². The lowest BCUT2D eigenvalue weighted by molar-refractivity contribution is 0.623. The Balaban J connectivity index is 2.37. The van der Waals surface area contributed by atoms with Crippen LogP contribution in [0.5, 0.6) is 0 Å². The molecule has 12 heavy (non-hydrogen) atoms. The third-order valence-electron chi connectivity index (χ3n) is 2.00. The van der Waals surface area contributed by atoms with Gasteiger partial charge in [0.1, 0.15) is 0 Å². The highest BCUT2D eigenvalue weighted by Crippen LogP contribution is 2.10. The third-order valence-corrected chi connectivity index (χ3v) is 2.00. The molecule has 1 heterocycles. The Morgan fingerprint density at radius 3 is 2.92 bits per heavy atom. The summed E-state index contributed by atoms with van der Waals surface area (Å²) in [5.41, 5.74) is 1.09. The smallest absolute Gasteiger partial charge is 0.0725 e. The maximum atomic E-state index is 3.88. The first-order valence-corrected chi connectivity index (χ1v) is 4.62. The van der Waals surface area contributed by atoms with Crippen LogP contribution in [-0.4, -0.2) is 16.2 Å². The molecular weight excluding hydrogens is 150 g/mol. The Morgan fingerprint density at radius 1 is 1.58 bits per heavy atom. The monoisotopic (exact) mass is 167 g/mol. The second-order valence-electron chi connectivity index (χ2n) is 3.03. The summed E-state index contributed by atoms with van der Waals surface area (Å²) in [7, 11) is 0. The molecule has 68 valence electrons. The molecule has 1 aromatic heterocycles. The maximum Gasteiger partial charge on any atom is 0.0725 e. The minimum atomic E-state index is 0.590. The van der Waals surface area contributed by atoms with Crippen LogP contribution in [0.3, 0.4) is 0 Å². The number of aromatic nitrogens is 2. The Bertz CT molecular complexity index is 194. The van der Waals surface area contributed by atoms with E-state index in [4.69, 9.17) is 0 Å². The molecule has 1 atom stereocenters. The van der Waals surface area contributed by atoms with E-state index in [1.807, 2.05) is 12.4 Å². The number of rotatable bonds is 5. The number of hydrogen-bond donors (Lipinski definition) is 2. The number of nitrogens with zero attached hydrogens (tertiary/aromatic N) is 1. The fraction of sp³-hybridized carbons (Fsp3) is 0.667. The molecule has 1 unspecified atom stereocenters. The number of aromatic amines is 1. The summed E-state index contributed by atoms with van der Waals surface area (Å²) in [5.74, 6) is 0. The lowest BCUT2D eigenvalue weighted by Gasteiger charge is -2.15. The van der Waals surface area contributed by atoms with Crippen LogP contribution in [0.15, 0.2) is 12.4 Å². The fourth-order valence-corrected chi connectivity index (χ4v) is 1.29. The second kappa shape index (κ2) is 4.80. The molecule has 3 heteroatoms. The van der Waals surface area contributed by atoms with E-state index in [2.05, 4.69) is 29.4 Å². The van der Waals surface area contributed by atoms with E-state index < -0.39 is 0 Å². The van der Waals surface area contributed by atoms with Gasteiger partial charge in [-0.25, -0.2) is 0 Å². The topological polar surface area (TPSA) is 40.7 Å². The zero-order valence-electron chi connectivity index (χ0n) is 7.80. The van der Waals surface area contributed by atoms with Crippen molar-refractivity contribution >= 4 is 5.69 Å². The van der Waals surface area contributed by atoms with Crippen LogP contribution >= 0.6 is 0 Å². The van der Waals surface area contributed by atoms with E-state index in [1.54, 1.807) is 0 Å². The molecule has 0 bridgehead atoms. The Hall–Kier alpha value is -0.990. The second-order valence-corrected chi connectivity index (χ2v) is 3.03. The summed E-state index contributed by atoms with van der Waals surface area (Å²) in [5, 5.41) is 10.1. The van der Waals surface area contributed by atoms with Crippen molar-refractivity contribution in [1.82, 2.24) is 10.2 Å². The van der Waals surface area contributed by atoms with E-state index in [0.717, 1.165) is 5.69 Å². The van der Waals surface area contributed by atoms with Crippen molar-refractivity contribution in [2.24, 2.45) is 0 Å². The first kappa shape index (κ1) is 9.10. The van der Waals surface area contributed by atoms with Crippen molar-refractivity contribution in [2.75, 3.05) is 5.32 Å². The molecule has 1 aromatic rings. The number of H-pyrrole nitrogens is 1. The molecule has 0 fully saturated rings. The first-order chi connectivity index (χ1) is 5.86. The molecule has 0 aliphatic heterocycles. The molecule has 3 nitrogen and oxygen atoms in total. The van der Waals surface area contributed by atoms with Crippen molar-refractivity contribution in [3.63, 3.8) is 0 Å². The van der Waals surface area contributed by atoms with Gasteiger partial charge >= 0.3 is 0 Å². The van der Waals surface area contributed by atoms with Crippen LogP contribution in [0.2, 0.25) is 0 Å². The van der Waals surface area contributed by atoms with Crippen LogP contribution in [0.4, 0.5) is 5.69 Å². The molecule has 0 amide bonds. The van der Waals surface area contributed by atoms with Gasteiger partial charge in [-0.3, -0.25) is 5.10 Å². The van der Waals surface area contributed by atoms with E-state index >= 15 is 0 Å². The Kier molecular flexibility index (Phi) is 3.64. The van der Waals surface area contributed by atoms with Crippen LogP contribution in [0.1, 0.15) is 33.1 Å². The van der Waals surface area contributed by atoms with Crippen LogP contribution in [0, 0.1) is 0 Å². The minimum absolute atomic E-state index is 0.590.